The third kappa shape index (κ3) is 8.20. The number of aromatic nitrogens is 1. The number of hydrogen-bond acceptors (Lipinski definition) is 7. The van der Waals surface area contributed by atoms with E-state index in [0.717, 1.165) is 18.5 Å². The predicted octanol–water partition coefficient (Wildman–Crippen LogP) is 7.28. The van der Waals surface area contributed by atoms with Crippen LogP contribution in [0.15, 0.2) is 54.7 Å². The van der Waals surface area contributed by atoms with Crippen molar-refractivity contribution in [3.05, 3.63) is 86.7 Å². The molecule has 0 saturated carbocycles. The summed E-state index contributed by atoms with van der Waals surface area (Å²) in [6, 6.07) is 11.2. The third-order valence-electron chi connectivity index (χ3n) is 6.50. The van der Waals surface area contributed by atoms with Gasteiger partial charge in [0.25, 0.3) is 5.91 Å². The van der Waals surface area contributed by atoms with E-state index in [1.807, 2.05) is 0 Å². The molecule has 0 aliphatic heterocycles. The first-order chi connectivity index (χ1) is 20.2. The molecule has 0 aliphatic carbocycles. The minimum atomic E-state index is -3.56. The second-order valence-corrected chi connectivity index (χ2v) is 16.8. The van der Waals surface area contributed by atoms with E-state index >= 15 is 0 Å². The van der Waals surface area contributed by atoms with Crippen LogP contribution in [0.3, 0.4) is 0 Å². The Hall–Kier alpha value is -3.31. The van der Waals surface area contributed by atoms with Crippen molar-refractivity contribution < 1.29 is 31.3 Å². The summed E-state index contributed by atoms with van der Waals surface area (Å²) >= 11 is 7.27. The average Bonchev–Trinajstić information content (AvgIpc) is 3.31. The van der Waals surface area contributed by atoms with Gasteiger partial charge >= 0.3 is 0 Å². The summed E-state index contributed by atoms with van der Waals surface area (Å²) in [5.74, 6) is -1.59. The van der Waals surface area contributed by atoms with E-state index in [1.54, 1.807) is 32.9 Å². The van der Waals surface area contributed by atoms with Gasteiger partial charge < -0.3 is 14.6 Å². The highest BCUT2D eigenvalue weighted by molar-refractivity contribution is 7.92. The number of aryl methyl sites for hydroxylation is 1. The van der Waals surface area contributed by atoms with Crippen LogP contribution in [0.4, 0.5) is 20.2 Å². The van der Waals surface area contributed by atoms with Crippen molar-refractivity contribution in [2.24, 2.45) is 0 Å². The lowest BCUT2D eigenvalue weighted by molar-refractivity contribution is 0.103. The van der Waals surface area contributed by atoms with E-state index in [2.05, 4.69) is 15.0 Å². The highest BCUT2D eigenvalue weighted by Gasteiger charge is 2.22. The predicted molar refractivity (Wildman–Crippen MR) is 169 cm³/mol. The van der Waals surface area contributed by atoms with Crippen LogP contribution in [0.2, 0.25) is 5.02 Å². The fourth-order valence-corrected chi connectivity index (χ4v) is 8.03. The van der Waals surface area contributed by atoms with Gasteiger partial charge in [-0.3, -0.25) is 9.52 Å². The highest BCUT2D eigenvalue weighted by atomic mass is 35.5. The average molecular weight is 668 g/mol. The Morgan fingerprint density at radius 2 is 1.72 bits per heavy atom. The fourth-order valence-electron chi connectivity index (χ4n) is 4.39. The molecule has 4 rings (SSSR count). The zero-order chi connectivity index (χ0) is 31.5. The largest absolute Gasteiger partial charge is 0.487 e. The maximum absolute atomic E-state index is 14.4. The van der Waals surface area contributed by atoms with Crippen LogP contribution in [0.25, 0.3) is 11.3 Å². The first-order valence-corrected chi connectivity index (χ1v) is 18.2. The molecule has 1 amide bonds. The first-order valence-electron chi connectivity index (χ1n) is 13.1. The Labute approximate surface area is 257 Å². The molecule has 228 valence electrons. The molecule has 0 aliphatic rings. The summed E-state index contributed by atoms with van der Waals surface area (Å²) in [6.07, 6.45) is 2.82. The number of nitrogens with zero attached hydrogens (tertiary/aromatic N) is 1. The number of carbonyl (C=O) groups excluding carboxylic acids is 1. The zero-order valence-corrected chi connectivity index (χ0v) is 27.0. The minimum absolute atomic E-state index is 0.0826. The van der Waals surface area contributed by atoms with E-state index < -0.39 is 34.7 Å². The fraction of sp³-hybridized carbons (Fsp3) is 0.241. The van der Waals surface area contributed by atoms with Gasteiger partial charge in [-0.15, -0.1) is 11.3 Å². The monoisotopic (exact) mass is 667 g/mol. The quantitative estimate of drug-likeness (QED) is 0.163. The third-order valence-corrected chi connectivity index (χ3v) is 11.6. The van der Waals surface area contributed by atoms with Crippen LogP contribution < -0.4 is 20.1 Å². The van der Waals surface area contributed by atoms with Gasteiger partial charge in [0, 0.05) is 44.8 Å². The summed E-state index contributed by atoms with van der Waals surface area (Å²) in [6.45, 7) is 5.24. The van der Waals surface area contributed by atoms with Crippen LogP contribution in [0.1, 0.15) is 34.0 Å². The maximum Gasteiger partial charge on any atom is 0.265 e. The van der Waals surface area contributed by atoms with Gasteiger partial charge in [0.2, 0.25) is 10.0 Å². The van der Waals surface area contributed by atoms with Gasteiger partial charge in [-0.25, -0.2) is 22.2 Å². The molecule has 43 heavy (non-hydrogen) atoms. The number of hydrogen-bond donors (Lipinski definition) is 2. The van der Waals surface area contributed by atoms with Crippen molar-refractivity contribution in [1.82, 2.24) is 4.98 Å². The summed E-state index contributed by atoms with van der Waals surface area (Å²) < 4.78 is 73.3. The van der Waals surface area contributed by atoms with E-state index in [-0.39, 0.29) is 34.4 Å². The lowest BCUT2D eigenvalue weighted by Gasteiger charge is -2.16. The van der Waals surface area contributed by atoms with Gasteiger partial charge in [-0.1, -0.05) is 25.4 Å². The zero-order valence-electron chi connectivity index (χ0n) is 23.7. The summed E-state index contributed by atoms with van der Waals surface area (Å²) in [5.41, 5.74) is 1.69. The number of carbonyl (C=O) groups is 1. The summed E-state index contributed by atoms with van der Waals surface area (Å²) in [7, 11) is -6.31. The molecule has 8 nitrogen and oxygen atoms in total. The van der Waals surface area contributed by atoms with Gasteiger partial charge in [-0.2, -0.15) is 0 Å². The molecule has 14 heteroatoms. The molecule has 0 fully saturated rings. The Kier molecular flexibility index (Phi) is 9.96. The smallest absolute Gasteiger partial charge is 0.265 e. The van der Waals surface area contributed by atoms with Crippen LogP contribution in [0, 0.1) is 18.6 Å². The van der Waals surface area contributed by atoms with Crippen LogP contribution >= 0.6 is 30.1 Å². The number of thiophene rings is 1. The molecular weight excluding hydrogens is 639 g/mol. The summed E-state index contributed by atoms with van der Waals surface area (Å²) in [5, 5.41) is 3.34. The number of anilines is 2. The lowest BCUT2D eigenvalue weighted by atomic mass is 10.1. The molecule has 0 unspecified atom stereocenters. The number of pyridine rings is 1. The molecule has 0 radical (unpaired) electrons. The molecule has 2 aromatic carbocycles. The number of ether oxygens (including phenoxy) is 1. The first kappa shape index (κ1) is 32.6. The van der Waals surface area contributed by atoms with Gasteiger partial charge in [0.1, 0.15) is 36.8 Å². The Morgan fingerprint density at radius 1 is 1.02 bits per heavy atom. The molecule has 2 aromatic heterocycles. The molecule has 0 bridgehead atoms. The van der Waals surface area contributed by atoms with Crippen molar-refractivity contribution in [3.8, 4) is 17.0 Å². The van der Waals surface area contributed by atoms with Gasteiger partial charge in [0.05, 0.1) is 23.0 Å². The van der Waals surface area contributed by atoms with Crippen molar-refractivity contribution in [1.29, 1.82) is 0 Å². The van der Waals surface area contributed by atoms with E-state index in [1.165, 1.54) is 41.7 Å². The van der Waals surface area contributed by atoms with E-state index in [0.29, 0.717) is 38.5 Å². The molecule has 0 atom stereocenters. The Bertz CT molecular complexity index is 1840. The topological polar surface area (TPSA) is 114 Å². The minimum Gasteiger partial charge on any atom is -0.487 e. The van der Waals surface area contributed by atoms with Crippen molar-refractivity contribution >= 4 is 62.7 Å². The number of amides is 1. The SMILES string of the molecule is CCP(=O)(CC)c1cc(F)cc(COc2cc(F)cnc2-c2cc(C(=O)Nc3cc(Cl)cc(NS(C)(=O)=O)c3)sc2C)c1. The van der Waals surface area contributed by atoms with Gasteiger partial charge in [0.15, 0.2) is 0 Å². The van der Waals surface area contributed by atoms with Crippen LogP contribution in [-0.2, 0) is 21.2 Å². The normalized spacial score (nSPS) is 11.8. The van der Waals surface area contributed by atoms with Crippen LogP contribution in [-0.4, -0.2) is 37.9 Å². The Balaban J connectivity index is 1.59. The second kappa shape index (κ2) is 13.1. The molecule has 2 heterocycles. The summed E-state index contributed by atoms with van der Waals surface area (Å²) in [4.78, 5) is 18.3. The second-order valence-electron chi connectivity index (χ2n) is 9.77. The van der Waals surface area contributed by atoms with Crippen molar-refractivity contribution in [2.45, 2.75) is 27.4 Å². The highest BCUT2D eigenvalue weighted by Crippen LogP contribution is 2.43. The molecular formula is C29H29ClF2N3O5PS2. The van der Waals surface area contributed by atoms with Crippen LogP contribution in [0.5, 0.6) is 5.75 Å². The lowest BCUT2D eigenvalue weighted by Crippen LogP contribution is -2.12. The number of sulfonamides is 1. The number of rotatable bonds is 11. The van der Waals surface area contributed by atoms with E-state index in [9.17, 15) is 26.6 Å². The molecule has 0 spiro atoms. The maximum atomic E-state index is 14.4. The Morgan fingerprint density at radius 3 is 2.40 bits per heavy atom. The number of nitrogens with one attached hydrogen (secondary N) is 2. The molecule has 4 aromatic rings. The molecule has 0 saturated heterocycles. The van der Waals surface area contributed by atoms with Crippen molar-refractivity contribution in [3.63, 3.8) is 0 Å². The van der Waals surface area contributed by atoms with E-state index in [4.69, 9.17) is 16.3 Å². The van der Waals surface area contributed by atoms with Gasteiger partial charge in [-0.05, 0) is 55.0 Å². The number of halogens is 3. The standard InChI is InChI=1S/C29H29ClF2N3O5PS2/c1-5-41(37,6-2)24-8-18(7-20(31)11-24)16-40-26-12-21(32)15-33-28(26)25-14-27(42-17(25)3)29(36)34-22-9-19(30)10-23(13-22)35-43(4,38)39/h7-15,35H,5-6,16H2,1-4H3,(H,34,36). The van der Waals surface area contributed by atoms with Crippen molar-refractivity contribution in [2.75, 3.05) is 28.6 Å². The number of benzene rings is 2. The molecule has 2 N–H and O–H groups in total.